The van der Waals surface area contributed by atoms with Gasteiger partial charge in [0.15, 0.2) is 0 Å². The highest BCUT2D eigenvalue weighted by Gasteiger charge is 2.23. The van der Waals surface area contributed by atoms with Crippen molar-refractivity contribution in [3.63, 3.8) is 0 Å². The lowest BCUT2D eigenvalue weighted by atomic mass is 10.1. The quantitative estimate of drug-likeness (QED) is 0.122. The van der Waals surface area contributed by atoms with E-state index in [1.54, 1.807) is 0 Å². The maximum atomic E-state index is 2.42. The summed E-state index contributed by atoms with van der Waals surface area (Å²) in [4.78, 5) is 7.12. The predicted octanol–water partition coefficient (Wildman–Crippen LogP) is 22.8. The van der Waals surface area contributed by atoms with Crippen LogP contribution in [-0.4, -0.2) is 25.3 Å². The van der Waals surface area contributed by atoms with Crippen LogP contribution < -0.4 is 14.7 Å². The minimum absolute atomic E-state index is 1.05. The Hall–Kier alpha value is -12.3. The highest BCUT2D eigenvalue weighted by molar-refractivity contribution is 6.15. The molecule has 0 aliphatic carbocycles. The Balaban J connectivity index is 0.746. The summed E-state index contributed by atoms with van der Waals surface area (Å²) in [6, 6.07) is 124. The molecule has 0 unspecified atom stereocenters. The van der Waals surface area contributed by atoms with Crippen molar-refractivity contribution >= 4 is 133 Å². The molecule has 0 saturated heterocycles. The van der Waals surface area contributed by atoms with Crippen LogP contribution >= 0.6 is 0 Å². The minimum Gasteiger partial charge on any atom is -0.345 e. The van der Waals surface area contributed by atoms with E-state index in [0.29, 0.717) is 0 Å². The van der Waals surface area contributed by atoms with Gasteiger partial charge in [0.2, 0.25) is 0 Å². The van der Waals surface area contributed by atoms with Crippen molar-refractivity contribution in [2.75, 3.05) is 21.7 Å². The van der Waals surface area contributed by atoms with Crippen LogP contribution in [0.4, 0.5) is 45.5 Å². The van der Waals surface area contributed by atoms with E-state index in [2.05, 4.69) is 380 Å². The van der Waals surface area contributed by atoms with E-state index in [0.717, 1.165) is 90.3 Å². The zero-order chi connectivity index (χ0) is 60.8. The van der Waals surface area contributed by atoms with E-state index in [1.165, 1.54) is 65.2 Å². The topological polar surface area (TPSA) is 29.4 Å². The molecule has 4 heterocycles. The third kappa shape index (κ3) is 8.51. The first-order valence-corrected chi connectivity index (χ1v) is 31.5. The van der Waals surface area contributed by atoms with Crippen molar-refractivity contribution in [1.82, 2.24) is 18.3 Å². The number of fused-ring (bicyclic) bond motifs is 12. The van der Waals surface area contributed by atoms with Crippen LogP contribution in [0.25, 0.3) is 110 Å². The van der Waals surface area contributed by atoms with Crippen LogP contribution in [0.15, 0.2) is 340 Å². The number of nitrogens with zero attached hydrogens (tertiary/aromatic N) is 7. The van der Waals surface area contributed by atoms with Gasteiger partial charge in [0.25, 0.3) is 0 Å². The minimum atomic E-state index is 1.05. The van der Waals surface area contributed by atoms with Gasteiger partial charge in [-0.25, -0.2) is 0 Å². The molecule has 92 heavy (non-hydrogen) atoms. The molecule has 0 spiro atoms. The highest BCUT2D eigenvalue weighted by atomic mass is 15.2. The van der Waals surface area contributed by atoms with Gasteiger partial charge in [0, 0.05) is 118 Å². The average Bonchev–Trinajstić information content (AvgIpc) is 1.60. The second-order valence-electron chi connectivity index (χ2n) is 23.8. The van der Waals surface area contributed by atoms with Crippen molar-refractivity contribution in [2.24, 2.45) is 0 Å². The number of hydrogen-bond donors (Lipinski definition) is 0. The van der Waals surface area contributed by atoms with Crippen molar-refractivity contribution in [1.29, 1.82) is 0 Å². The van der Waals surface area contributed by atoms with Gasteiger partial charge >= 0.3 is 0 Å². The van der Waals surface area contributed by atoms with Crippen LogP contribution in [0.3, 0.4) is 0 Å². The van der Waals surface area contributed by atoms with Gasteiger partial charge in [0.05, 0.1) is 44.1 Å². The van der Waals surface area contributed by atoms with Crippen molar-refractivity contribution in [3.05, 3.63) is 340 Å². The summed E-state index contributed by atoms with van der Waals surface area (Å²) < 4.78 is 9.54. The van der Waals surface area contributed by atoms with Crippen LogP contribution in [0.5, 0.6) is 0 Å². The molecule has 18 rings (SSSR count). The molecular formula is C85H59N7. The molecule has 14 aromatic carbocycles. The molecule has 4 aromatic heterocycles. The normalized spacial score (nSPS) is 11.8. The predicted molar refractivity (Wildman–Crippen MR) is 388 cm³/mol. The van der Waals surface area contributed by atoms with Crippen LogP contribution in [-0.2, 0) is 0 Å². The van der Waals surface area contributed by atoms with E-state index in [1.807, 2.05) is 0 Å². The van der Waals surface area contributed by atoms with Gasteiger partial charge in [-0.3, -0.25) is 0 Å². The number of aromatic nitrogens is 4. The second-order valence-corrected chi connectivity index (χ2v) is 23.8. The summed E-state index contributed by atoms with van der Waals surface area (Å²) in [5.74, 6) is 0. The molecule has 7 nitrogen and oxygen atoms in total. The van der Waals surface area contributed by atoms with Crippen LogP contribution in [0, 0.1) is 0 Å². The fraction of sp³-hybridized carbons (Fsp3) is 0.0118. The Bertz CT molecular complexity index is 5150. The maximum absolute atomic E-state index is 2.42. The van der Waals surface area contributed by atoms with Gasteiger partial charge in [-0.1, -0.05) is 146 Å². The van der Waals surface area contributed by atoms with Gasteiger partial charge in [-0.2, -0.15) is 0 Å². The molecule has 0 saturated carbocycles. The zero-order valence-electron chi connectivity index (χ0n) is 50.5. The number of anilines is 8. The Morgan fingerprint density at radius 1 is 0.174 bits per heavy atom. The lowest BCUT2D eigenvalue weighted by molar-refractivity contribution is 1.18. The molecule has 434 valence electrons. The molecule has 0 aliphatic heterocycles. The molecule has 0 fully saturated rings. The van der Waals surface area contributed by atoms with Crippen molar-refractivity contribution in [3.8, 4) is 22.7 Å². The summed E-state index contributed by atoms with van der Waals surface area (Å²) >= 11 is 0. The highest BCUT2D eigenvalue weighted by Crippen LogP contribution is 2.46. The van der Waals surface area contributed by atoms with E-state index in [9.17, 15) is 0 Å². The van der Waals surface area contributed by atoms with Crippen molar-refractivity contribution in [2.45, 2.75) is 0 Å². The molecule has 0 bridgehead atoms. The summed E-state index contributed by atoms with van der Waals surface area (Å²) in [7, 11) is 2.17. The molecule has 0 amide bonds. The first kappa shape index (κ1) is 52.8. The summed E-state index contributed by atoms with van der Waals surface area (Å²) in [5.41, 5.74) is 22.4. The molecule has 0 atom stereocenters. The number of para-hydroxylation sites is 8. The third-order valence-corrected chi connectivity index (χ3v) is 18.7. The molecule has 7 heteroatoms. The number of hydrogen-bond acceptors (Lipinski definition) is 3. The Kier molecular flexibility index (Phi) is 12.3. The van der Waals surface area contributed by atoms with Gasteiger partial charge in [0.1, 0.15) is 0 Å². The largest absolute Gasteiger partial charge is 0.345 e. The molecular weight excluding hydrogens is 1120 g/mol. The zero-order valence-corrected chi connectivity index (χ0v) is 50.5. The Morgan fingerprint density at radius 3 is 0.620 bits per heavy atom. The number of rotatable bonds is 12. The van der Waals surface area contributed by atoms with Crippen LogP contribution in [0.1, 0.15) is 0 Å². The van der Waals surface area contributed by atoms with E-state index < -0.39 is 0 Å². The Morgan fingerprint density at radius 2 is 0.370 bits per heavy atom. The lowest BCUT2D eigenvalue weighted by Gasteiger charge is -2.28. The first-order chi connectivity index (χ1) is 45.6. The SMILES string of the molecule is CN(c1ccc(N(c2ccc3c(c2)c2ccccc2n3-c2ccccc2)c2ccc3c(c2)c2ccccc2n3-c2ccccc2)cc1)c1ccc(N(c2ccc3c(c2)c2ccccc2n3-c2ccccc2)c2ccc3c(c2)c2ccccc2n3-c2ccccc2)cc1. The lowest BCUT2D eigenvalue weighted by Crippen LogP contribution is -2.13. The fourth-order valence-electron chi connectivity index (χ4n) is 14.5. The van der Waals surface area contributed by atoms with E-state index in [-0.39, 0.29) is 0 Å². The second kappa shape index (κ2) is 21.5. The van der Waals surface area contributed by atoms with E-state index in [4.69, 9.17) is 0 Å². The standard InChI is InChI=1S/C85H59N7/c1-86(58-38-42-64(43-39-58)87(66-46-50-82-74(54-66)70-30-14-18-34-78(70)89(82)60-22-6-2-7-23-60)67-47-51-83-75(55-67)71-31-15-19-35-79(71)90(83)61-24-8-3-9-25-61)59-40-44-65(45-41-59)88(68-48-52-84-76(56-68)72-32-16-20-36-80(72)91(84)62-26-10-4-11-27-62)69-49-53-85-77(57-69)73-33-17-21-37-81(73)92(85)63-28-12-5-13-29-63/h2-57H,1H3. The first-order valence-electron chi connectivity index (χ1n) is 31.5. The summed E-state index contributed by atoms with van der Waals surface area (Å²) in [6.07, 6.45) is 0. The monoisotopic (exact) mass is 1180 g/mol. The Labute approximate surface area is 532 Å². The van der Waals surface area contributed by atoms with Gasteiger partial charge in [-0.05, 0) is 194 Å². The fourth-order valence-corrected chi connectivity index (χ4v) is 14.5. The maximum Gasteiger partial charge on any atom is 0.0542 e. The summed E-state index contributed by atoms with van der Waals surface area (Å²) in [5, 5.41) is 9.62. The molecule has 0 N–H and O–H groups in total. The molecule has 0 radical (unpaired) electrons. The molecule has 18 aromatic rings. The van der Waals surface area contributed by atoms with Crippen LogP contribution in [0.2, 0.25) is 0 Å². The van der Waals surface area contributed by atoms with Crippen molar-refractivity contribution < 1.29 is 0 Å². The van der Waals surface area contributed by atoms with E-state index >= 15 is 0 Å². The summed E-state index contributed by atoms with van der Waals surface area (Å²) in [6.45, 7) is 0. The smallest absolute Gasteiger partial charge is 0.0542 e. The number of benzene rings is 14. The third-order valence-electron chi connectivity index (χ3n) is 18.7. The molecule has 0 aliphatic rings. The average molecular weight is 1180 g/mol. The van der Waals surface area contributed by atoms with Gasteiger partial charge < -0.3 is 33.0 Å². The van der Waals surface area contributed by atoms with Gasteiger partial charge in [-0.15, -0.1) is 0 Å².